The molecule has 2 aliphatic rings. The van der Waals surface area contributed by atoms with Crippen molar-refractivity contribution in [3.63, 3.8) is 0 Å². The van der Waals surface area contributed by atoms with Gasteiger partial charge in [0, 0.05) is 24.3 Å². The third kappa shape index (κ3) is 5.08. The third-order valence-electron chi connectivity index (χ3n) is 7.26. The summed E-state index contributed by atoms with van der Waals surface area (Å²) in [7, 11) is -3.95. The Bertz CT molecular complexity index is 1480. The minimum atomic E-state index is -3.95. The lowest BCUT2D eigenvalue weighted by molar-refractivity contribution is -0.144. The molecular formula is C27H29ClN4O4S. The maximum Gasteiger partial charge on any atom is 0.245 e. The van der Waals surface area contributed by atoms with Gasteiger partial charge in [-0.05, 0) is 85.8 Å². The number of carbonyl (C=O) groups excluding carboxylic acids is 2. The molecule has 1 aromatic heterocycles. The van der Waals surface area contributed by atoms with Crippen molar-refractivity contribution >= 4 is 44.2 Å². The second kappa shape index (κ2) is 10.0. The summed E-state index contributed by atoms with van der Waals surface area (Å²) in [5.41, 5.74) is 1.94. The van der Waals surface area contributed by atoms with Crippen LogP contribution < -0.4 is 4.72 Å². The smallest absolute Gasteiger partial charge is 0.245 e. The van der Waals surface area contributed by atoms with Gasteiger partial charge in [0.2, 0.25) is 21.8 Å². The predicted molar refractivity (Wildman–Crippen MR) is 142 cm³/mol. The molecule has 3 atom stereocenters. The number of amides is 2. The summed E-state index contributed by atoms with van der Waals surface area (Å²) in [4.78, 5) is 34.5. The summed E-state index contributed by atoms with van der Waals surface area (Å²) < 4.78 is 28.8. The number of fused-ring (bicyclic) bond motifs is 1. The number of aromatic nitrogens is 1. The first-order valence-corrected chi connectivity index (χ1v) is 14.3. The van der Waals surface area contributed by atoms with Crippen LogP contribution in [-0.2, 0) is 19.6 Å². The molecule has 2 aromatic carbocycles. The number of pyridine rings is 1. The third-order valence-corrected chi connectivity index (χ3v) is 8.96. The Hall–Kier alpha value is -3.01. The average Bonchev–Trinajstić information content (AvgIpc) is 3.50. The van der Waals surface area contributed by atoms with E-state index in [1.807, 2.05) is 19.1 Å². The average molecular weight is 541 g/mol. The summed E-state index contributed by atoms with van der Waals surface area (Å²) in [5.74, 6) is -0.530. The molecule has 10 heteroatoms. The van der Waals surface area contributed by atoms with Crippen molar-refractivity contribution in [2.75, 3.05) is 13.1 Å². The van der Waals surface area contributed by atoms with E-state index in [0.717, 1.165) is 34.9 Å². The van der Waals surface area contributed by atoms with Crippen LogP contribution in [0.5, 0.6) is 0 Å². The number of hydrogen-bond acceptors (Lipinski definition) is 5. The molecule has 3 heterocycles. The highest BCUT2D eigenvalue weighted by Gasteiger charge is 2.42. The zero-order chi connectivity index (χ0) is 26.3. The van der Waals surface area contributed by atoms with Gasteiger partial charge in [-0.15, -0.1) is 0 Å². The van der Waals surface area contributed by atoms with Crippen molar-refractivity contribution in [3.8, 4) is 0 Å². The van der Waals surface area contributed by atoms with E-state index in [1.165, 1.54) is 11.0 Å². The molecule has 2 fully saturated rings. The minimum Gasteiger partial charge on any atom is -0.332 e. The van der Waals surface area contributed by atoms with E-state index in [1.54, 1.807) is 48.4 Å². The molecule has 2 saturated heterocycles. The second-order valence-corrected chi connectivity index (χ2v) is 11.9. The minimum absolute atomic E-state index is 0.0725. The predicted octanol–water partition coefficient (Wildman–Crippen LogP) is 3.83. The topological polar surface area (TPSA) is 99.7 Å². The van der Waals surface area contributed by atoms with E-state index in [2.05, 4.69) is 9.71 Å². The zero-order valence-electron chi connectivity index (χ0n) is 20.7. The largest absolute Gasteiger partial charge is 0.332 e. The van der Waals surface area contributed by atoms with Crippen LogP contribution in [0.4, 0.5) is 0 Å². The molecule has 2 amide bonds. The molecule has 0 saturated carbocycles. The highest BCUT2D eigenvalue weighted by molar-refractivity contribution is 7.89. The van der Waals surface area contributed by atoms with Crippen LogP contribution in [0.2, 0.25) is 5.02 Å². The van der Waals surface area contributed by atoms with Crippen LogP contribution in [0.3, 0.4) is 0 Å². The Morgan fingerprint density at radius 2 is 1.84 bits per heavy atom. The number of rotatable bonds is 6. The van der Waals surface area contributed by atoms with Crippen LogP contribution in [0.25, 0.3) is 10.8 Å². The highest BCUT2D eigenvalue weighted by Crippen LogP contribution is 2.32. The molecule has 3 aromatic rings. The maximum atomic E-state index is 13.5. The number of carbonyl (C=O) groups is 2. The van der Waals surface area contributed by atoms with Crippen molar-refractivity contribution in [2.24, 2.45) is 0 Å². The summed E-state index contributed by atoms with van der Waals surface area (Å²) in [5, 5.41) is 2.12. The number of likely N-dealkylation sites (tertiary alicyclic amines) is 2. The second-order valence-electron chi connectivity index (χ2n) is 9.77. The van der Waals surface area contributed by atoms with E-state index in [4.69, 9.17) is 11.6 Å². The van der Waals surface area contributed by atoms with Gasteiger partial charge in [0.1, 0.15) is 12.1 Å². The Morgan fingerprint density at radius 1 is 1.08 bits per heavy atom. The van der Waals surface area contributed by atoms with Crippen LogP contribution in [0.1, 0.15) is 43.5 Å². The Morgan fingerprint density at radius 3 is 2.62 bits per heavy atom. The number of nitrogens with zero attached hydrogens (tertiary/aromatic N) is 3. The lowest BCUT2D eigenvalue weighted by atomic mass is 10.1. The van der Waals surface area contributed by atoms with E-state index >= 15 is 0 Å². The fourth-order valence-electron chi connectivity index (χ4n) is 5.27. The van der Waals surface area contributed by atoms with E-state index in [-0.39, 0.29) is 22.8 Å². The van der Waals surface area contributed by atoms with Crippen molar-refractivity contribution in [3.05, 3.63) is 71.0 Å². The molecule has 0 spiro atoms. The number of benzene rings is 2. The van der Waals surface area contributed by atoms with Crippen molar-refractivity contribution in [1.82, 2.24) is 19.5 Å². The molecule has 37 heavy (non-hydrogen) atoms. The van der Waals surface area contributed by atoms with Crippen LogP contribution >= 0.6 is 11.6 Å². The van der Waals surface area contributed by atoms with Gasteiger partial charge < -0.3 is 9.80 Å². The first-order chi connectivity index (χ1) is 17.6. The number of sulfonamides is 1. The van der Waals surface area contributed by atoms with Gasteiger partial charge in [0.05, 0.1) is 16.6 Å². The lowest BCUT2D eigenvalue weighted by Gasteiger charge is -2.31. The summed E-state index contributed by atoms with van der Waals surface area (Å²) in [6, 6.07) is 12.1. The van der Waals surface area contributed by atoms with Crippen LogP contribution in [-0.4, -0.2) is 60.2 Å². The maximum absolute atomic E-state index is 13.5. The zero-order valence-corrected chi connectivity index (χ0v) is 22.3. The molecule has 8 nitrogen and oxygen atoms in total. The number of aryl methyl sites for hydroxylation is 1. The molecule has 0 radical (unpaired) electrons. The molecule has 5 rings (SSSR count). The van der Waals surface area contributed by atoms with Gasteiger partial charge in [-0.3, -0.25) is 14.6 Å². The molecule has 0 aliphatic carbocycles. The molecule has 194 valence electrons. The van der Waals surface area contributed by atoms with E-state index in [9.17, 15) is 18.0 Å². The number of halogens is 1. The molecule has 1 N–H and O–H groups in total. The normalized spacial score (nSPS) is 21.1. The van der Waals surface area contributed by atoms with Gasteiger partial charge in [-0.25, -0.2) is 8.42 Å². The Kier molecular flexibility index (Phi) is 6.95. The van der Waals surface area contributed by atoms with Crippen molar-refractivity contribution in [1.29, 1.82) is 0 Å². The van der Waals surface area contributed by atoms with Gasteiger partial charge in [-0.1, -0.05) is 23.7 Å². The fourth-order valence-corrected chi connectivity index (χ4v) is 6.71. The van der Waals surface area contributed by atoms with Gasteiger partial charge in [0.15, 0.2) is 0 Å². The lowest BCUT2D eigenvalue weighted by Crippen LogP contribution is -2.50. The molecule has 0 bridgehead atoms. The molecular weight excluding hydrogens is 512 g/mol. The van der Waals surface area contributed by atoms with E-state index < -0.39 is 22.1 Å². The summed E-state index contributed by atoms with van der Waals surface area (Å²) >= 11 is 6.02. The number of nitrogens with one attached hydrogen (secondary N) is 1. The first-order valence-electron chi connectivity index (χ1n) is 12.4. The van der Waals surface area contributed by atoms with Gasteiger partial charge >= 0.3 is 0 Å². The van der Waals surface area contributed by atoms with Crippen LogP contribution in [0.15, 0.2) is 59.6 Å². The summed E-state index contributed by atoms with van der Waals surface area (Å²) in [6.45, 7) is 4.61. The Balaban J connectivity index is 1.28. The number of hydrogen-bond donors (Lipinski definition) is 1. The van der Waals surface area contributed by atoms with Gasteiger partial charge in [0.25, 0.3) is 0 Å². The standard InChI is InChI=1S/C27H29ClN4O4S/c1-17-9-11-29-24(14-17)25-4-3-12-32(25)26(33)18(2)31-13-10-23(27(31)34)30-37(35,36)22-8-6-19-15-21(28)7-5-20(19)16-22/h5-9,11,14-16,18,23,25,30H,3-4,10,12-13H2,1-2H3/t18-,23-,25?/m0/s1. The monoisotopic (exact) mass is 540 g/mol. The SMILES string of the molecule is Cc1ccnc(C2CCCN2C(=O)[C@H](C)N2CC[C@H](NS(=O)(=O)c3ccc4cc(Cl)ccc4c3)C2=O)c1. The van der Waals surface area contributed by atoms with Crippen LogP contribution in [0, 0.1) is 6.92 Å². The van der Waals surface area contributed by atoms with Crippen molar-refractivity contribution < 1.29 is 18.0 Å². The van der Waals surface area contributed by atoms with E-state index in [0.29, 0.717) is 24.5 Å². The molecule has 1 unspecified atom stereocenters. The highest BCUT2D eigenvalue weighted by atomic mass is 35.5. The fraction of sp³-hybridized carbons (Fsp3) is 0.370. The van der Waals surface area contributed by atoms with Gasteiger partial charge in [-0.2, -0.15) is 4.72 Å². The first kappa shape index (κ1) is 25.6. The summed E-state index contributed by atoms with van der Waals surface area (Å²) in [6.07, 6.45) is 3.73. The Labute approximate surface area is 221 Å². The van der Waals surface area contributed by atoms with Crippen molar-refractivity contribution in [2.45, 2.75) is 56.1 Å². The quantitative estimate of drug-likeness (QED) is 0.512. The molecule has 2 aliphatic heterocycles.